The molecule has 0 aliphatic carbocycles. The maximum atomic E-state index is 13.4. The molecular formula is C58H76Cl2N16O7S. The monoisotopic (exact) mass is 1210 g/mol. The number of aromatic nitrogens is 4. The molecule has 0 aliphatic heterocycles. The predicted molar refractivity (Wildman–Crippen MR) is 330 cm³/mol. The number of nitrogens with two attached hydrogens (primary N) is 2. The van der Waals surface area contributed by atoms with Crippen LogP contribution in [-0.4, -0.2) is 97.5 Å². The van der Waals surface area contributed by atoms with E-state index in [9.17, 15) is 32.8 Å². The Hall–Kier alpha value is -8.91. The van der Waals surface area contributed by atoms with E-state index < -0.39 is 26.5 Å². The normalized spacial score (nSPS) is 10.8. The number of halogens is 2. The average Bonchev–Trinajstić information content (AvgIpc) is 1.81. The molecule has 6 N–H and O–H groups in total. The lowest BCUT2D eigenvalue weighted by Gasteiger charge is -2.15. The molecular weight excluding hydrogens is 1140 g/mol. The van der Waals surface area contributed by atoms with Crippen LogP contribution in [0.25, 0.3) is 11.4 Å². The van der Waals surface area contributed by atoms with Gasteiger partial charge in [-0.2, -0.15) is 34.7 Å². The summed E-state index contributed by atoms with van der Waals surface area (Å²) in [5.41, 5.74) is 14.5. The lowest BCUT2D eigenvalue weighted by Crippen LogP contribution is -3.00. The second-order valence-corrected chi connectivity index (χ2v) is 18.7. The minimum atomic E-state index is -4.88. The van der Waals surface area contributed by atoms with Gasteiger partial charge in [0.05, 0.1) is 33.1 Å². The standard InChI is InChI=1S/C23H27N7O5S.C23H27N7O2.C6H8N2.3C2H4.2ClH/c1-16-20(27-26-18-15-17(25-24-2)9-10-19(18)36(33,34)35)22(31)30(14-8-11-28(3)4)23(32)21(16)29-12-6-5-7-13-29;1-17-20(27-26-19-11-9-18(10-12-19)25-24-2)22(31)30(16-8-13-28(3)4)23(32)21(17)29-14-6-5-7-15-29;7-5-2-1-3-6(8)4-5;3*1-2;;/h5-7,9-10,12-13,15H,8,11,14H2,1-4H3,(H-,26,31,32,33,34,35);5-7,9-12,14-15H,8,13,16H2,1-4H3;1-4H,7-8H2;3*1-2H2;2*1H. The third-order valence-electron chi connectivity index (χ3n) is 11.1. The lowest BCUT2D eigenvalue weighted by atomic mass is 10.2. The van der Waals surface area contributed by atoms with Crippen LogP contribution in [-0.2, 0) is 23.2 Å². The molecule has 0 saturated heterocycles. The molecule has 3 aromatic carbocycles. The minimum absolute atomic E-state index is 0. The van der Waals surface area contributed by atoms with E-state index in [0.29, 0.717) is 65.5 Å². The number of aromatic hydroxyl groups is 2. The molecule has 0 unspecified atom stereocenters. The summed E-state index contributed by atoms with van der Waals surface area (Å²) in [6, 6.07) is 28.7. The molecule has 7 aromatic rings. The van der Waals surface area contributed by atoms with Gasteiger partial charge in [-0.15, -0.1) is 67.2 Å². The fraction of sp³-hybridized carbons (Fsp3) is 0.241. The van der Waals surface area contributed by atoms with Crippen LogP contribution in [0.2, 0.25) is 0 Å². The van der Waals surface area contributed by atoms with Crippen molar-refractivity contribution in [3.63, 3.8) is 0 Å². The van der Waals surface area contributed by atoms with Crippen molar-refractivity contribution in [2.24, 2.45) is 40.9 Å². The Kier molecular flexibility index (Phi) is 34.6. The average molecular weight is 1210 g/mol. The Morgan fingerprint density at radius 1 is 0.560 bits per heavy atom. The number of pyridine rings is 4. The summed E-state index contributed by atoms with van der Waals surface area (Å²) >= 11 is 0. The minimum Gasteiger partial charge on any atom is -1.00 e. The number of anilines is 2. The maximum Gasteiger partial charge on any atom is 0.326 e. The van der Waals surface area contributed by atoms with Crippen molar-refractivity contribution < 1.29 is 44.7 Å². The summed E-state index contributed by atoms with van der Waals surface area (Å²) in [4.78, 5) is 30.0. The molecule has 4 heterocycles. The number of rotatable bonds is 17. The van der Waals surface area contributed by atoms with E-state index in [2.05, 4.69) is 80.4 Å². The van der Waals surface area contributed by atoms with Crippen LogP contribution in [0, 0.1) is 13.8 Å². The molecule has 0 saturated carbocycles. The van der Waals surface area contributed by atoms with E-state index in [1.54, 1.807) is 115 Å². The van der Waals surface area contributed by atoms with Crippen molar-refractivity contribution in [1.82, 2.24) is 18.9 Å². The molecule has 0 atom stereocenters. The first-order valence-electron chi connectivity index (χ1n) is 25.1. The molecule has 0 radical (unpaired) electrons. The van der Waals surface area contributed by atoms with Crippen LogP contribution < -0.4 is 44.1 Å². The molecule has 7 rings (SSSR count). The number of azo groups is 4. The quantitative estimate of drug-likeness (QED) is 0.0222. The van der Waals surface area contributed by atoms with Crippen LogP contribution in [0.1, 0.15) is 24.0 Å². The van der Waals surface area contributed by atoms with Gasteiger partial charge in [0.15, 0.2) is 36.2 Å². The molecule has 0 spiro atoms. The fourth-order valence-electron chi connectivity index (χ4n) is 7.48. The number of benzene rings is 3. The van der Waals surface area contributed by atoms with Crippen molar-refractivity contribution in [1.29, 1.82) is 0 Å². The smallest absolute Gasteiger partial charge is 0.326 e. The van der Waals surface area contributed by atoms with Gasteiger partial charge >= 0.3 is 11.1 Å². The van der Waals surface area contributed by atoms with Crippen molar-refractivity contribution in [3.05, 3.63) is 199 Å². The second-order valence-electron chi connectivity index (χ2n) is 17.4. The zero-order chi connectivity index (χ0) is 61.5. The van der Waals surface area contributed by atoms with Gasteiger partial charge in [0.2, 0.25) is 11.8 Å². The SMILES string of the molecule is C=C.C=C.C=C.CN=Nc1ccc(N=Nc2c(C)c(-[n+]3ccccc3)c(=O)n(CCCN(C)C)c2O)cc1.CN=Nc1ccc(S(=O)(=O)[O-])c(N=Nc2c(C)c(-[n+]3ccccc3)c(=O)n(CCCN(C)C)c2O)c1.Cl.Nc1cccc(N)c1.[Cl-]. The first kappa shape index (κ1) is 75.1. The molecule has 4 aromatic heterocycles. The zero-order valence-electron chi connectivity index (χ0n) is 48.7. The van der Waals surface area contributed by atoms with E-state index in [-0.39, 0.29) is 71.2 Å². The summed E-state index contributed by atoms with van der Waals surface area (Å²) < 4.78 is 41.2. The molecule has 84 heavy (non-hydrogen) atoms. The van der Waals surface area contributed by atoms with E-state index in [1.807, 2.05) is 62.3 Å². The van der Waals surface area contributed by atoms with E-state index >= 15 is 0 Å². The highest BCUT2D eigenvalue weighted by Gasteiger charge is 2.27. The van der Waals surface area contributed by atoms with Gasteiger partial charge < -0.3 is 48.4 Å². The third kappa shape index (κ3) is 22.4. The van der Waals surface area contributed by atoms with Gasteiger partial charge in [0, 0.05) is 62.8 Å². The lowest BCUT2D eigenvalue weighted by molar-refractivity contribution is -0.597. The van der Waals surface area contributed by atoms with Gasteiger partial charge in [-0.3, -0.25) is 18.7 Å². The van der Waals surface area contributed by atoms with Crippen LogP contribution >= 0.6 is 12.4 Å². The third-order valence-corrected chi connectivity index (χ3v) is 12.0. The van der Waals surface area contributed by atoms with E-state index in [0.717, 1.165) is 12.6 Å². The zero-order valence-corrected chi connectivity index (χ0v) is 51.0. The first-order valence-corrected chi connectivity index (χ1v) is 26.6. The van der Waals surface area contributed by atoms with Crippen molar-refractivity contribution in [2.75, 3.05) is 66.8 Å². The number of hydrogen-bond donors (Lipinski definition) is 4. The van der Waals surface area contributed by atoms with Crippen molar-refractivity contribution >= 4 is 68.0 Å². The van der Waals surface area contributed by atoms with E-state index in [4.69, 9.17) is 11.5 Å². The number of nitrogens with zero attached hydrogens (tertiary/aromatic N) is 14. The Morgan fingerprint density at radius 2 is 0.929 bits per heavy atom. The summed E-state index contributed by atoms with van der Waals surface area (Å²) in [5.74, 6) is -0.608. The molecule has 450 valence electrons. The predicted octanol–water partition coefficient (Wildman–Crippen LogP) is 8.03. The maximum absolute atomic E-state index is 13.4. The summed E-state index contributed by atoms with van der Waals surface area (Å²) in [6.45, 7) is 23.4. The largest absolute Gasteiger partial charge is 1.00 e. The van der Waals surface area contributed by atoms with Gasteiger partial charge in [0.25, 0.3) is 11.4 Å². The highest BCUT2D eigenvalue weighted by atomic mass is 35.5. The summed E-state index contributed by atoms with van der Waals surface area (Å²) in [5, 5.41) is 53.8. The number of hydrogen-bond acceptors (Lipinski definition) is 19. The molecule has 0 aliphatic rings. The van der Waals surface area contributed by atoms with Crippen molar-refractivity contribution in [3.8, 4) is 23.1 Å². The van der Waals surface area contributed by atoms with Gasteiger partial charge in [0.1, 0.15) is 15.8 Å². The Labute approximate surface area is 504 Å². The van der Waals surface area contributed by atoms with Gasteiger partial charge in [-0.1, -0.05) is 18.2 Å². The Balaban J connectivity index is 0.00000132. The van der Waals surface area contributed by atoms with Crippen molar-refractivity contribution in [2.45, 2.75) is 44.7 Å². The Bertz CT molecular complexity index is 3490. The molecule has 0 fully saturated rings. The highest BCUT2D eigenvalue weighted by Crippen LogP contribution is 2.36. The van der Waals surface area contributed by atoms with Crippen LogP contribution in [0.15, 0.2) is 223 Å². The molecule has 23 nitrogen and oxygen atoms in total. The van der Waals surface area contributed by atoms with E-state index in [1.165, 1.54) is 28.3 Å². The summed E-state index contributed by atoms with van der Waals surface area (Å²) in [6.07, 6.45) is 8.24. The Morgan fingerprint density at radius 3 is 1.29 bits per heavy atom. The summed E-state index contributed by atoms with van der Waals surface area (Å²) in [7, 11) is 5.90. The molecule has 0 bridgehead atoms. The van der Waals surface area contributed by atoms with Gasteiger partial charge in [-0.05, 0) is 129 Å². The van der Waals surface area contributed by atoms with Gasteiger partial charge in [-0.25, -0.2) is 8.42 Å². The number of nitrogen functional groups attached to an aromatic ring is 2. The second kappa shape index (κ2) is 38.7. The first-order chi connectivity index (χ1) is 39.2. The van der Waals surface area contributed by atoms with Crippen LogP contribution in [0.5, 0.6) is 11.8 Å². The molecule has 26 heteroatoms. The highest BCUT2D eigenvalue weighted by molar-refractivity contribution is 7.86. The fourth-order valence-corrected chi connectivity index (χ4v) is 8.07. The van der Waals surface area contributed by atoms with Crippen LogP contribution in [0.4, 0.5) is 45.5 Å². The van der Waals surface area contributed by atoms with Crippen LogP contribution in [0.3, 0.4) is 0 Å². The molecule has 0 amide bonds. The topological polar surface area (TPSA) is 307 Å².